The number of benzene rings is 1. The van der Waals surface area contributed by atoms with Gasteiger partial charge in [0.1, 0.15) is 6.04 Å². The third-order valence-electron chi connectivity index (χ3n) is 4.84. The Labute approximate surface area is 145 Å². The lowest BCUT2D eigenvalue weighted by Crippen LogP contribution is -2.49. The number of hydrogen-bond donors (Lipinski definition) is 0. The van der Waals surface area contributed by atoms with E-state index in [1.807, 2.05) is 18.2 Å². The topological polar surface area (TPSA) is 46.6 Å². The largest absolute Gasteiger partial charge is 0.467 e. The molecule has 0 aliphatic carbocycles. The van der Waals surface area contributed by atoms with Crippen LogP contribution in [0.4, 0.5) is 0 Å². The SMILES string of the molecule is COC(=O)C1CCC(C(C)(C)C)N1C(=O)CCCc1ccccc1. The minimum Gasteiger partial charge on any atom is -0.467 e. The molecule has 0 N–H and O–H groups in total. The number of esters is 1. The van der Waals surface area contributed by atoms with Gasteiger partial charge in [-0.15, -0.1) is 0 Å². The van der Waals surface area contributed by atoms with Crippen LogP contribution in [0.1, 0.15) is 52.0 Å². The summed E-state index contributed by atoms with van der Waals surface area (Å²) >= 11 is 0. The average Bonchev–Trinajstić information content (AvgIpc) is 3.00. The Bertz CT molecular complexity index is 562. The fraction of sp³-hybridized carbons (Fsp3) is 0.600. The van der Waals surface area contributed by atoms with Crippen LogP contribution in [0.5, 0.6) is 0 Å². The second-order valence-electron chi connectivity index (χ2n) is 7.64. The predicted octanol–water partition coefficient (Wildman–Crippen LogP) is 3.59. The zero-order chi connectivity index (χ0) is 17.7. The van der Waals surface area contributed by atoms with Crippen molar-refractivity contribution >= 4 is 11.9 Å². The molecule has 4 heteroatoms. The van der Waals surface area contributed by atoms with Gasteiger partial charge in [0.15, 0.2) is 0 Å². The summed E-state index contributed by atoms with van der Waals surface area (Å²) in [5.74, 6) is -0.225. The minimum absolute atomic E-state index is 0.0438. The van der Waals surface area contributed by atoms with E-state index in [9.17, 15) is 9.59 Å². The highest BCUT2D eigenvalue weighted by molar-refractivity contribution is 5.85. The Balaban J connectivity index is 2.02. The third-order valence-corrected chi connectivity index (χ3v) is 4.84. The number of carbonyl (C=O) groups is 2. The van der Waals surface area contributed by atoms with Crippen molar-refractivity contribution in [3.8, 4) is 0 Å². The number of aryl methyl sites for hydroxylation is 1. The standard InChI is InChI=1S/C20H29NO3/c1-20(2,3)17-14-13-16(19(23)24-4)21(17)18(22)12-8-11-15-9-6-5-7-10-15/h5-7,9-10,16-17H,8,11-14H2,1-4H3. The van der Waals surface area contributed by atoms with Gasteiger partial charge in [-0.3, -0.25) is 4.79 Å². The summed E-state index contributed by atoms with van der Waals surface area (Å²) in [6.45, 7) is 6.38. The van der Waals surface area contributed by atoms with E-state index < -0.39 is 6.04 Å². The first-order valence-electron chi connectivity index (χ1n) is 8.77. The monoisotopic (exact) mass is 331 g/mol. The zero-order valence-corrected chi connectivity index (χ0v) is 15.2. The van der Waals surface area contributed by atoms with Crippen LogP contribution >= 0.6 is 0 Å². The Morgan fingerprint density at radius 2 is 1.83 bits per heavy atom. The first-order chi connectivity index (χ1) is 11.3. The number of methoxy groups -OCH3 is 1. The van der Waals surface area contributed by atoms with Gasteiger partial charge in [-0.25, -0.2) is 4.79 Å². The molecule has 1 saturated heterocycles. The molecule has 0 saturated carbocycles. The lowest BCUT2D eigenvalue weighted by molar-refractivity contribution is -0.153. The summed E-state index contributed by atoms with van der Waals surface area (Å²) in [6.07, 6.45) is 3.69. The second kappa shape index (κ2) is 7.82. The van der Waals surface area contributed by atoms with E-state index in [-0.39, 0.29) is 23.3 Å². The molecule has 1 aliphatic rings. The molecule has 132 valence electrons. The van der Waals surface area contributed by atoms with Gasteiger partial charge < -0.3 is 9.64 Å². The van der Waals surface area contributed by atoms with E-state index in [0.717, 1.165) is 19.3 Å². The number of ether oxygens (including phenoxy) is 1. The van der Waals surface area contributed by atoms with Crippen LogP contribution in [0.3, 0.4) is 0 Å². The number of likely N-dealkylation sites (tertiary alicyclic amines) is 1. The number of carbonyl (C=O) groups excluding carboxylic acids is 2. The highest BCUT2D eigenvalue weighted by Crippen LogP contribution is 2.37. The predicted molar refractivity (Wildman–Crippen MR) is 94.5 cm³/mol. The molecule has 1 amide bonds. The number of hydrogen-bond acceptors (Lipinski definition) is 3. The summed E-state index contributed by atoms with van der Waals surface area (Å²) < 4.78 is 4.92. The molecule has 24 heavy (non-hydrogen) atoms. The number of nitrogens with zero attached hydrogens (tertiary/aromatic N) is 1. The normalized spacial score (nSPS) is 20.9. The maximum atomic E-state index is 12.8. The molecular weight excluding hydrogens is 302 g/mol. The molecule has 0 aromatic heterocycles. The zero-order valence-electron chi connectivity index (χ0n) is 15.2. The molecule has 1 aliphatic heterocycles. The van der Waals surface area contributed by atoms with Crippen LogP contribution in [0.2, 0.25) is 0 Å². The molecule has 0 spiro atoms. The number of amides is 1. The van der Waals surface area contributed by atoms with Gasteiger partial charge in [-0.2, -0.15) is 0 Å². The summed E-state index contributed by atoms with van der Waals surface area (Å²) in [5, 5.41) is 0. The van der Waals surface area contributed by atoms with Crippen molar-refractivity contribution in [2.45, 2.75) is 65.0 Å². The van der Waals surface area contributed by atoms with Gasteiger partial charge in [0.25, 0.3) is 0 Å². The summed E-state index contributed by atoms with van der Waals surface area (Å²) in [4.78, 5) is 26.7. The van der Waals surface area contributed by atoms with E-state index in [2.05, 4.69) is 32.9 Å². The summed E-state index contributed by atoms with van der Waals surface area (Å²) in [5.41, 5.74) is 1.20. The molecule has 2 rings (SSSR count). The van der Waals surface area contributed by atoms with Crippen molar-refractivity contribution in [3.05, 3.63) is 35.9 Å². The quantitative estimate of drug-likeness (QED) is 0.775. The Kier molecular flexibility index (Phi) is 6.03. The minimum atomic E-state index is -0.427. The Hall–Kier alpha value is -1.84. The highest BCUT2D eigenvalue weighted by Gasteiger charge is 2.45. The van der Waals surface area contributed by atoms with E-state index in [4.69, 9.17) is 4.74 Å². The lowest BCUT2D eigenvalue weighted by atomic mass is 9.85. The summed E-state index contributed by atoms with van der Waals surface area (Å²) in [6, 6.07) is 9.84. The van der Waals surface area contributed by atoms with Crippen molar-refractivity contribution in [1.82, 2.24) is 4.90 Å². The van der Waals surface area contributed by atoms with E-state index >= 15 is 0 Å². The van der Waals surface area contributed by atoms with E-state index in [0.29, 0.717) is 12.8 Å². The van der Waals surface area contributed by atoms with Crippen LogP contribution in [0.15, 0.2) is 30.3 Å². The van der Waals surface area contributed by atoms with Gasteiger partial charge >= 0.3 is 5.97 Å². The average molecular weight is 331 g/mol. The van der Waals surface area contributed by atoms with Gasteiger partial charge in [-0.1, -0.05) is 51.1 Å². The van der Waals surface area contributed by atoms with Gasteiger partial charge in [0.2, 0.25) is 5.91 Å². The molecule has 4 nitrogen and oxygen atoms in total. The molecule has 2 atom stereocenters. The molecule has 1 aromatic rings. The maximum Gasteiger partial charge on any atom is 0.328 e. The van der Waals surface area contributed by atoms with Crippen LogP contribution in [0, 0.1) is 5.41 Å². The van der Waals surface area contributed by atoms with Gasteiger partial charge in [-0.05, 0) is 36.7 Å². The molecule has 1 heterocycles. The molecule has 1 fully saturated rings. The van der Waals surface area contributed by atoms with Crippen molar-refractivity contribution in [2.24, 2.45) is 5.41 Å². The number of rotatable bonds is 5. The Morgan fingerprint density at radius 3 is 2.42 bits per heavy atom. The second-order valence-corrected chi connectivity index (χ2v) is 7.64. The lowest BCUT2D eigenvalue weighted by Gasteiger charge is -2.37. The van der Waals surface area contributed by atoms with E-state index in [1.165, 1.54) is 12.7 Å². The fourth-order valence-corrected chi connectivity index (χ4v) is 3.59. The first-order valence-corrected chi connectivity index (χ1v) is 8.77. The molecule has 1 aromatic carbocycles. The molecular formula is C20H29NO3. The van der Waals surface area contributed by atoms with Crippen molar-refractivity contribution in [2.75, 3.05) is 7.11 Å². The van der Waals surface area contributed by atoms with Crippen LogP contribution in [-0.4, -0.2) is 36.0 Å². The molecule has 0 bridgehead atoms. The van der Waals surface area contributed by atoms with E-state index in [1.54, 1.807) is 4.90 Å². The van der Waals surface area contributed by atoms with Crippen molar-refractivity contribution < 1.29 is 14.3 Å². The first kappa shape index (κ1) is 18.5. The van der Waals surface area contributed by atoms with Crippen LogP contribution in [-0.2, 0) is 20.7 Å². The molecule has 2 unspecified atom stereocenters. The fourth-order valence-electron chi connectivity index (χ4n) is 3.59. The van der Waals surface area contributed by atoms with Crippen LogP contribution in [0.25, 0.3) is 0 Å². The van der Waals surface area contributed by atoms with Crippen molar-refractivity contribution in [1.29, 1.82) is 0 Å². The summed E-state index contributed by atoms with van der Waals surface area (Å²) in [7, 11) is 1.39. The maximum absolute atomic E-state index is 12.8. The van der Waals surface area contributed by atoms with Crippen molar-refractivity contribution in [3.63, 3.8) is 0 Å². The smallest absolute Gasteiger partial charge is 0.328 e. The Morgan fingerprint density at radius 1 is 1.17 bits per heavy atom. The third kappa shape index (κ3) is 4.37. The van der Waals surface area contributed by atoms with Gasteiger partial charge in [0, 0.05) is 12.5 Å². The van der Waals surface area contributed by atoms with Gasteiger partial charge in [0.05, 0.1) is 7.11 Å². The molecule has 0 radical (unpaired) electrons. The highest BCUT2D eigenvalue weighted by atomic mass is 16.5. The van der Waals surface area contributed by atoms with Crippen LogP contribution < -0.4 is 0 Å².